The summed E-state index contributed by atoms with van der Waals surface area (Å²) in [7, 11) is 0. The number of carbonyl (C=O) groups excluding carboxylic acids is 8. The van der Waals surface area contributed by atoms with Crippen molar-refractivity contribution in [1.82, 2.24) is 36.8 Å². The molecule has 8 amide bonds. The Labute approximate surface area is 365 Å². The van der Waals surface area contributed by atoms with Crippen LogP contribution in [-0.4, -0.2) is 148 Å². The molecular formula is C40H64N10O11S. The third-order valence-corrected chi connectivity index (χ3v) is 10.7. The summed E-state index contributed by atoms with van der Waals surface area (Å²) < 4.78 is 0. The minimum absolute atomic E-state index is 0.0551. The van der Waals surface area contributed by atoms with Gasteiger partial charge < -0.3 is 64.2 Å². The monoisotopic (exact) mass is 892 g/mol. The molecular weight excluding hydrogens is 829 g/mol. The van der Waals surface area contributed by atoms with E-state index in [-0.39, 0.29) is 32.2 Å². The van der Waals surface area contributed by atoms with Gasteiger partial charge in [-0.25, -0.2) is 4.79 Å². The molecule has 1 heterocycles. The maximum Gasteiger partial charge on any atom is 0.326 e. The molecule has 1 aliphatic rings. The number of nitrogens with two attached hydrogens (primary N) is 3. The fraction of sp³-hybridized carbons (Fsp3) is 0.625. The van der Waals surface area contributed by atoms with Gasteiger partial charge in [-0.2, -0.15) is 11.8 Å². The van der Waals surface area contributed by atoms with Crippen LogP contribution in [0.1, 0.15) is 71.3 Å². The molecule has 0 radical (unpaired) electrons. The zero-order valence-corrected chi connectivity index (χ0v) is 36.5. The first-order valence-electron chi connectivity index (χ1n) is 20.6. The molecule has 1 aliphatic heterocycles. The highest BCUT2D eigenvalue weighted by Gasteiger charge is 2.40. The standard InChI is InChI=1S/C40H64N10O11S/c1-22(2)32(37(57)49-33(23(3)51)38(58)47-28(20-30(43)52)39(59)50-17-10-14-29(50)40(60)61)48-36(56)26(13-8-9-16-41)45-31(53)21-44-35(55)27(15-18-62-4)46-34(54)25(42)19-24-11-6-5-7-12-24/h5-7,11-12,22-23,25-29,32-33,51H,8-10,13-21,41-42H2,1-4H3,(H2,43,52)(H,44,55)(H,45,53)(H,46,54)(H,47,58)(H,48,56)(H,49,57)(H,60,61)/t23-,25+,26+,27+,28+,29+,32+,33+/m1/s1. The van der Waals surface area contributed by atoms with E-state index in [4.69, 9.17) is 17.2 Å². The Kier molecular flexibility index (Phi) is 22.9. The number of primary amides is 1. The molecule has 62 heavy (non-hydrogen) atoms. The maximum atomic E-state index is 13.7. The van der Waals surface area contributed by atoms with Crippen LogP contribution in [0, 0.1) is 5.92 Å². The van der Waals surface area contributed by atoms with Gasteiger partial charge in [0.2, 0.25) is 47.3 Å². The number of carboxylic acid groups (broad SMARTS) is 1. The van der Waals surface area contributed by atoms with Crippen LogP contribution in [0.15, 0.2) is 30.3 Å². The van der Waals surface area contributed by atoms with Crippen molar-refractivity contribution in [3.05, 3.63) is 35.9 Å². The Hall–Kier alpha value is -5.32. The second kappa shape index (κ2) is 26.9. The number of aliphatic hydroxyl groups excluding tert-OH is 1. The van der Waals surface area contributed by atoms with Crippen LogP contribution in [0.3, 0.4) is 0 Å². The number of carboxylic acids is 1. The molecule has 1 aromatic carbocycles. The fourth-order valence-electron chi connectivity index (χ4n) is 6.63. The number of hydrogen-bond acceptors (Lipinski definition) is 13. The van der Waals surface area contributed by atoms with Crippen molar-refractivity contribution in [2.75, 3.05) is 31.6 Å². The summed E-state index contributed by atoms with van der Waals surface area (Å²) in [6.07, 6.45) is 1.57. The lowest BCUT2D eigenvalue weighted by molar-refractivity contribution is -0.150. The van der Waals surface area contributed by atoms with E-state index in [1.165, 1.54) is 18.7 Å². The summed E-state index contributed by atoms with van der Waals surface area (Å²) in [4.78, 5) is 118. The number of likely N-dealkylation sites (tertiary alicyclic amines) is 1. The van der Waals surface area contributed by atoms with Crippen molar-refractivity contribution < 1.29 is 53.4 Å². The highest BCUT2D eigenvalue weighted by Crippen LogP contribution is 2.19. The summed E-state index contributed by atoms with van der Waals surface area (Å²) in [5.41, 5.74) is 17.9. The Morgan fingerprint density at radius 3 is 2.00 bits per heavy atom. The number of aliphatic hydroxyl groups is 1. The highest BCUT2D eigenvalue weighted by atomic mass is 32.2. The summed E-state index contributed by atoms with van der Waals surface area (Å²) in [5.74, 6) is -7.95. The lowest BCUT2D eigenvalue weighted by Crippen LogP contribution is -2.62. The molecule has 1 saturated heterocycles. The summed E-state index contributed by atoms with van der Waals surface area (Å²) >= 11 is 1.45. The van der Waals surface area contributed by atoms with E-state index in [0.717, 1.165) is 10.5 Å². The van der Waals surface area contributed by atoms with Gasteiger partial charge in [-0.3, -0.25) is 38.4 Å². The number of nitrogens with zero attached hydrogens (tertiary/aromatic N) is 1. The van der Waals surface area contributed by atoms with Gasteiger partial charge in [0.1, 0.15) is 36.3 Å². The van der Waals surface area contributed by atoms with Gasteiger partial charge in [0.05, 0.1) is 25.1 Å². The second-order valence-corrected chi connectivity index (χ2v) is 16.5. The van der Waals surface area contributed by atoms with Crippen LogP contribution in [0.2, 0.25) is 0 Å². The molecule has 0 unspecified atom stereocenters. The Morgan fingerprint density at radius 2 is 1.42 bits per heavy atom. The molecule has 14 N–H and O–H groups in total. The largest absolute Gasteiger partial charge is 0.480 e. The lowest BCUT2D eigenvalue weighted by Gasteiger charge is -2.30. The number of unbranched alkanes of at least 4 members (excludes halogenated alkanes) is 1. The number of aliphatic carboxylic acids is 1. The van der Waals surface area contributed by atoms with E-state index < -0.39 is 121 Å². The zero-order valence-electron chi connectivity index (χ0n) is 35.7. The number of rotatable bonds is 27. The van der Waals surface area contributed by atoms with Crippen LogP contribution in [-0.2, 0) is 49.6 Å². The summed E-state index contributed by atoms with van der Waals surface area (Å²) in [6.45, 7) is 4.16. The van der Waals surface area contributed by atoms with Crippen molar-refractivity contribution in [2.24, 2.45) is 23.1 Å². The molecule has 2 rings (SSSR count). The smallest absolute Gasteiger partial charge is 0.326 e. The summed E-state index contributed by atoms with van der Waals surface area (Å²) in [6, 6.07) is 0.144. The van der Waals surface area contributed by atoms with Gasteiger partial charge in [0.25, 0.3) is 0 Å². The zero-order chi connectivity index (χ0) is 46.5. The van der Waals surface area contributed by atoms with Gasteiger partial charge in [0.15, 0.2) is 0 Å². The molecule has 0 bridgehead atoms. The quantitative estimate of drug-likeness (QED) is 0.0392. The maximum absolute atomic E-state index is 13.7. The van der Waals surface area contributed by atoms with E-state index in [2.05, 4.69) is 31.9 Å². The molecule has 8 atom stereocenters. The minimum Gasteiger partial charge on any atom is -0.480 e. The summed E-state index contributed by atoms with van der Waals surface area (Å²) in [5, 5.41) is 35.1. The Morgan fingerprint density at radius 1 is 0.806 bits per heavy atom. The number of amides is 8. The average Bonchev–Trinajstić information content (AvgIpc) is 3.72. The molecule has 0 spiro atoms. The molecule has 1 fully saturated rings. The van der Waals surface area contributed by atoms with Crippen LogP contribution in [0.5, 0.6) is 0 Å². The van der Waals surface area contributed by atoms with Gasteiger partial charge in [-0.05, 0) is 81.9 Å². The SMILES string of the molecule is CSCC[C@H](NC(=O)[C@@H](N)Cc1ccccc1)C(=O)NCC(=O)N[C@@H](CCCCN)C(=O)N[C@H](C(=O)N[C@H](C(=O)N[C@@H](CC(N)=O)C(=O)N1CCC[C@H]1C(=O)O)[C@@H](C)O)C(C)C. The van der Waals surface area contributed by atoms with E-state index in [1.807, 2.05) is 36.6 Å². The van der Waals surface area contributed by atoms with Gasteiger partial charge in [0, 0.05) is 6.54 Å². The second-order valence-electron chi connectivity index (χ2n) is 15.5. The van der Waals surface area contributed by atoms with Gasteiger partial charge >= 0.3 is 5.97 Å². The predicted molar refractivity (Wildman–Crippen MR) is 229 cm³/mol. The molecule has 0 aromatic heterocycles. The minimum atomic E-state index is -1.72. The van der Waals surface area contributed by atoms with Crippen molar-refractivity contribution in [1.29, 1.82) is 0 Å². The van der Waals surface area contributed by atoms with Crippen molar-refractivity contribution in [2.45, 2.75) is 121 Å². The number of carbonyl (C=O) groups is 9. The van der Waals surface area contributed by atoms with Crippen LogP contribution >= 0.6 is 11.8 Å². The van der Waals surface area contributed by atoms with E-state index >= 15 is 0 Å². The molecule has 1 aromatic rings. The van der Waals surface area contributed by atoms with E-state index in [0.29, 0.717) is 31.6 Å². The van der Waals surface area contributed by atoms with Crippen LogP contribution < -0.4 is 49.1 Å². The van der Waals surface area contributed by atoms with Crippen LogP contribution in [0.25, 0.3) is 0 Å². The number of thioether (sulfide) groups is 1. The fourth-order valence-corrected chi connectivity index (χ4v) is 7.10. The normalized spacial score (nSPS) is 17.0. The van der Waals surface area contributed by atoms with Gasteiger partial charge in [-0.15, -0.1) is 0 Å². The molecule has 21 nitrogen and oxygen atoms in total. The average molecular weight is 893 g/mol. The number of benzene rings is 1. The Balaban J connectivity index is 2.14. The first kappa shape index (κ1) is 52.8. The molecule has 0 aliphatic carbocycles. The van der Waals surface area contributed by atoms with Crippen molar-refractivity contribution in [3.63, 3.8) is 0 Å². The Bertz CT molecular complexity index is 1700. The third kappa shape index (κ3) is 17.6. The molecule has 346 valence electrons. The first-order chi connectivity index (χ1) is 29.3. The first-order valence-corrected chi connectivity index (χ1v) is 22.0. The lowest BCUT2D eigenvalue weighted by atomic mass is 10.0. The van der Waals surface area contributed by atoms with Gasteiger partial charge in [-0.1, -0.05) is 44.2 Å². The third-order valence-electron chi connectivity index (χ3n) is 10.1. The van der Waals surface area contributed by atoms with Crippen molar-refractivity contribution >= 4 is 65.0 Å². The predicted octanol–water partition coefficient (Wildman–Crippen LogP) is -3.03. The number of nitrogens with one attached hydrogen (secondary N) is 6. The highest BCUT2D eigenvalue weighted by molar-refractivity contribution is 7.98. The molecule has 22 heteroatoms. The van der Waals surface area contributed by atoms with E-state index in [1.54, 1.807) is 13.8 Å². The van der Waals surface area contributed by atoms with E-state index in [9.17, 15) is 53.4 Å². The van der Waals surface area contributed by atoms with Crippen molar-refractivity contribution in [3.8, 4) is 0 Å². The number of hydrogen-bond donors (Lipinski definition) is 11. The van der Waals surface area contributed by atoms with Crippen LogP contribution in [0.4, 0.5) is 0 Å². The molecule has 0 saturated carbocycles. The topological polar surface area (TPSA) is 348 Å².